The second-order valence-electron chi connectivity index (χ2n) is 10.9. The molecule has 9 atom stereocenters. The number of hydrogen-bond donors (Lipinski definition) is 1. The number of fused-ring (bicyclic) bond motifs is 4. The molecule has 0 aromatic heterocycles. The smallest absolute Gasteiger partial charge is 0.407 e. The summed E-state index contributed by atoms with van der Waals surface area (Å²) in [5.41, 5.74) is 0.585. The molecular weight excluding hydrogens is 382 g/mol. The van der Waals surface area contributed by atoms with Crippen LogP contribution in [0.4, 0.5) is 4.79 Å². The molecule has 0 bridgehead atoms. The molecule has 5 aliphatic rings. The first kappa shape index (κ1) is 20.6. The number of carbonyl (C=O) groups is 2. The van der Waals surface area contributed by atoms with Crippen LogP contribution in [0.25, 0.3) is 0 Å². The van der Waals surface area contributed by atoms with Gasteiger partial charge in [0.15, 0.2) is 0 Å². The number of ether oxygens (including phenoxy) is 3. The van der Waals surface area contributed by atoms with Crippen LogP contribution in [0.3, 0.4) is 0 Å². The number of amides is 1. The fourth-order valence-corrected chi connectivity index (χ4v) is 8.61. The maximum Gasteiger partial charge on any atom is 0.407 e. The molecule has 1 saturated heterocycles. The van der Waals surface area contributed by atoms with Gasteiger partial charge < -0.3 is 19.5 Å². The number of esters is 1. The summed E-state index contributed by atoms with van der Waals surface area (Å²) >= 11 is 0. The van der Waals surface area contributed by atoms with E-state index in [1.54, 1.807) is 0 Å². The molecule has 4 saturated carbocycles. The van der Waals surface area contributed by atoms with E-state index in [2.05, 4.69) is 23.9 Å². The van der Waals surface area contributed by atoms with Crippen LogP contribution in [-0.2, 0) is 19.0 Å². The summed E-state index contributed by atoms with van der Waals surface area (Å²) in [5, 5.41) is 2.50. The summed E-state index contributed by atoms with van der Waals surface area (Å²) in [6.45, 7) is 4.65. The summed E-state index contributed by atoms with van der Waals surface area (Å²) in [6, 6.07) is 0. The predicted octanol–water partition coefficient (Wildman–Crippen LogP) is 4.06. The first-order chi connectivity index (χ1) is 14.4. The molecule has 6 nitrogen and oxygen atoms in total. The first-order valence-electron chi connectivity index (χ1n) is 12.1. The van der Waals surface area contributed by atoms with Crippen LogP contribution in [0.15, 0.2) is 0 Å². The summed E-state index contributed by atoms with van der Waals surface area (Å²) in [5.74, 6) is 3.35. The number of methoxy groups -OCH3 is 1. The second kappa shape index (κ2) is 7.39. The van der Waals surface area contributed by atoms with Gasteiger partial charge >= 0.3 is 12.1 Å². The number of rotatable bonds is 3. The molecule has 5 fully saturated rings. The summed E-state index contributed by atoms with van der Waals surface area (Å²) in [7, 11) is 1.31. The molecule has 5 rings (SSSR count). The Morgan fingerprint density at radius 3 is 2.60 bits per heavy atom. The van der Waals surface area contributed by atoms with Gasteiger partial charge in [-0.15, -0.1) is 0 Å². The number of carbonyl (C=O) groups excluding carboxylic acids is 2. The van der Waals surface area contributed by atoms with Gasteiger partial charge in [0.2, 0.25) is 0 Å². The van der Waals surface area contributed by atoms with E-state index in [1.165, 1.54) is 45.6 Å². The highest BCUT2D eigenvalue weighted by Gasteiger charge is 2.67. The fourth-order valence-electron chi connectivity index (χ4n) is 8.61. The van der Waals surface area contributed by atoms with Crippen LogP contribution in [0.1, 0.15) is 71.6 Å². The zero-order valence-electron chi connectivity index (χ0n) is 18.7. The molecule has 0 radical (unpaired) electrons. The van der Waals surface area contributed by atoms with Gasteiger partial charge in [0, 0.05) is 5.92 Å². The molecule has 0 aromatic rings. The van der Waals surface area contributed by atoms with Crippen molar-refractivity contribution in [3.8, 4) is 0 Å². The van der Waals surface area contributed by atoms with E-state index in [9.17, 15) is 9.59 Å². The van der Waals surface area contributed by atoms with Crippen molar-refractivity contribution in [3.05, 3.63) is 0 Å². The highest BCUT2D eigenvalue weighted by Crippen LogP contribution is 2.68. The van der Waals surface area contributed by atoms with Crippen molar-refractivity contribution < 1.29 is 23.8 Å². The monoisotopic (exact) mass is 419 g/mol. The van der Waals surface area contributed by atoms with E-state index in [0.717, 1.165) is 42.9 Å². The third-order valence-electron chi connectivity index (χ3n) is 9.95. The number of hydrogen-bond acceptors (Lipinski definition) is 5. The quantitative estimate of drug-likeness (QED) is 0.698. The van der Waals surface area contributed by atoms with Gasteiger partial charge in [-0.1, -0.05) is 6.92 Å². The molecule has 30 heavy (non-hydrogen) atoms. The minimum Gasteiger partial charge on any atom is -0.468 e. The van der Waals surface area contributed by atoms with E-state index in [0.29, 0.717) is 17.4 Å². The van der Waals surface area contributed by atoms with E-state index in [4.69, 9.17) is 9.47 Å². The maximum absolute atomic E-state index is 12.1. The Morgan fingerprint density at radius 2 is 1.83 bits per heavy atom. The average molecular weight is 420 g/mol. The zero-order valence-corrected chi connectivity index (χ0v) is 18.7. The van der Waals surface area contributed by atoms with Gasteiger partial charge in [-0.3, -0.25) is 4.79 Å². The largest absolute Gasteiger partial charge is 0.468 e. The van der Waals surface area contributed by atoms with Crippen molar-refractivity contribution in [1.29, 1.82) is 0 Å². The minimum absolute atomic E-state index is 0.0427. The summed E-state index contributed by atoms with van der Waals surface area (Å²) < 4.78 is 16.7. The first-order valence-corrected chi connectivity index (χ1v) is 12.1. The van der Waals surface area contributed by atoms with Crippen LogP contribution in [0.5, 0.6) is 0 Å². The SMILES string of the molecule is COC(=O)CNC(=O)O[C@H]1CC[C@@]2(C)[C@@H](CC[C@@H]3[C@@H]2CC[C@]24O[C@H](C)C2CC[C@@H]34)C1. The second-order valence-corrected chi connectivity index (χ2v) is 10.9. The molecule has 168 valence electrons. The van der Waals surface area contributed by atoms with E-state index < -0.39 is 12.1 Å². The lowest BCUT2D eigenvalue weighted by atomic mass is 9.45. The topological polar surface area (TPSA) is 73.9 Å². The normalized spacial score (nSPS) is 48.8. The molecular formula is C24H37NO5. The van der Waals surface area contributed by atoms with Crippen LogP contribution >= 0.6 is 0 Å². The molecule has 1 amide bonds. The van der Waals surface area contributed by atoms with Gasteiger partial charge in [0.1, 0.15) is 12.6 Å². The molecule has 1 heterocycles. The van der Waals surface area contributed by atoms with E-state index in [-0.39, 0.29) is 18.2 Å². The van der Waals surface area contributed by atoms with E-state index in [1.807, 2.05) is 0 Å². The standard InChI is InChI=1S/C24H37NO5/c1-14-18-6-7-20-17-5-4-15-12-16(29-22(27)25-13-21(26)28-3)8-10-23(15,2)19(17)9-11-24(18,20)30-14/h14-20H,4-13H2,1-3H3,(H,25,27)/t14-,15+,16+,17-,18?,19+,20+,23+,24+/m1/s1. The average Bonchev–Trinajstić information content (AvgIpc) is 3.04. The zero-order chi connectivity index (χ0) is 21.1. The molecule has 1 aliphatic heterocycles. The van der Waals surface area contributed by atoms with Crippen molar-refractivity contribution in [3.63, 3.8) is 0 Å². The maximum atomic E-state index is 12.1. The van der Waals surface area contributed by atoms with Gasteiger partial charge in [-0.25, -0.2) is 4.79 Å². The summed E-state index contributed by atoms with van der Waals surface area (Å²) in [4.78, 5) is 23.3. The highest BCUT2D eigenvalue weighted by molar-refractivity contribution is 5.77. The van der Waals surface area contributed by atoms with Crippen LogP contribution in [0, 0.1) is 35.0 Å². The Morgan fingerprint density at radius 1 is 1.03 bits per heavy atom. The Labute approximate surface area is 179 Å². The van der Waals surface area contributed by atoms with E-state index >= 15 is 0 Å². The molecule has 1 spiro atoms. The molecule has 6 heteroatoms. The Kier molecular flexibility index (Phi) is 5.07. The lowest BCUT2D eigenvalue weighted by Gasteiger charge is -2.64. The number of nitrogens with one attached hydrogen (secondary N) is 1. The van der Waals surface area contributed by atoms with Crippen LogP contribution < -0.4 is 5.32 Å². The van der Waals surface area contributed by atoms with Crippen molar-refractivity contribution >= 4 is 12.1 Å². The summed E-state index contributed by atoms with van der Waals surface area (Å²) in [6.07, 6.45) is 10.8. The lowest BCUT2D eigenvalue weighted by Crippen LogP contribution is -2.65. The van der Waals surface area contributed by atoms with Crippen LogP contribution in [-0.4, -0.2) is 43.5 Å². The Balaban J connectivity index is 1.21. The molecule has 1 N–H and O–H groups in total. The fraction of sp³-hybridized carbons (Fsp3) is 0.917. The van der Waals surface area contributed by atoms with Crippen molar-refractivity contribution in [2.45, 2.75) is 89.4 Å². The lowest BCUT2D eigenvalue weighted by molar-refractivity contribution is -0.289. The van der Waals surface area contributed by atoms with Gasteiger partial charge in [0.25, 0.3) is 0 Å². The predicted molar refractivity (Wildman–Crippen MR) is 111 cm³/mol. The Bertz CT molecular complexity index is 712. The minimum atomic E-state index is -0.504. The highest BCUT2D eigenvalue weighted by atomic mass is 16.6. The third kappa shape index (κ3) is 3.00. The number of alkyl carbamates (subject to hydrolysis) is 1. The molecule has 1 unspecified atom stereocenters. The molecule has 0 aromatic carbocycles. The van der Waals surface area contributed by atoms with Gasteiger partial charge in [0.05, 0.1) is 18.8 Å². The van der Waals surface area contributed by atoms with Crippen molar-refractivity contribution in [2.24, 2.45) is 35.0 Å². The van der Waals surface area contributed by atoms with Gasteiger partial charge in [-0.2, -0.15) is 0 Å². The Hall–Kier alpha value is -1.30. The molecule has 4 aliphatic carbocycles. The van der Waals surface area contributed by atoms with Crippen molar-refractivity contribution in [2.75, 3.05) is 13.7 Å². The van der Waals surface area contributed by atoms with Gasteiger partial charge in [-0.05, 0) is 93.8 Å². The van der Waals surface area contributed by atoms with Crippen molar-refractivity contribution in [1.82, 2.24) is 5.32 Å². The van der Waals surface area contributed by atoms with Crippen LogP contribution in [0.2, 0.25) is 0 Å². The third-order valence-corrected chi connectivity index (χ3v) is 9.95.